The SMILES string of the molecule is CCCCCCCCCCCCCCCC(OC/C=C(\C)CCCC(C)CCCC(C)CCCC(C)C)OCCCCCCN(CCO)CCO. The molecular formula is C46H93NO4. The third-order valence-electron chi connectivity index (χ3n) is 10.9. The molecule has 3 atom stereocenters. The molecule has 0 spiro atoms. The smallest absolute Gasteiger partial charge is 0.157 e. The highest BCUT2D eigenvalue weighted by Gasteiger charge is 2.10. The van der Waals surface area contributed by atoms with Gasteiger partial charge in [-0.3, -0.25) is 4.90 Å². The second-order valence-corrected chi connectivity index (χ2v) is 16.8. The molecule has 0 aromatic heterocycles. The van der Waals surface area contributed by atoms with E-state index in [1.165, 1.54) is 147 Å². The molecule has 0 rings (SSSR count). The largest absolute Gasteiger partial charge is 0.395 e. The molecule has 5 heteroatoms. The van der Waals surface area contributed by atoms with Gasteiger partial charge in [-0.05, 0) is 69.7 Å². The van der Waals surface area contributed by atoms with Gasteiger partial charge in [-0.1, -0.05) is 181 Å². The lowest BCUT2D eigenvalue weighted by Crippen LogP contribution is -2.30. The molecule has 0 bridgehead atoms. The van der Waals surface area contributed by atoms with Crippen molar-refractivity contribution in [1.82, 2.24) is 4.90 Å². The molecule has 0 aliphatic heterocycles. The summed E-state index contributed by atoms with van der Waals surface area (Å²) in [6, 6.07) is 0. The molecule has 0 saturated carbocycles. The van der Waals surface area contributed by atoms with Crippen LogP contribution in [0, 0.1) is 17.8 Å². The number of hydrogen-bond donors (Lipinski definition) is 2. The van der Waals surface area contributed by atoms with Gasteiger partial charge in [-0.2, -0.15) is 0 Å². The van der Waals surface area contributed by atoms with Crippen LogP contribution in [0.5, 0.6) is 0 Å². The number of rotatable bonds is 41. The maximum Gasteiger partial charge on any atom is 0.157 e. The summed E-state index contributed by atoms with van der Waals surface area (Å²) in [5, 5.41) is 18.4. The molecular weight excluding hydrogens is 631 g/mol. The van der Waals surface area contributed by atoms with E-state index in [0.29, 0.717) is 19.7 Å². The van der Waals surface area contributed by atoms with Crippen molar-refractivity contribution in [3.63, 3.8) is 0 Å². The summed E-state index contributed by atoms with van der Waals surface area (Å²) >= 11 is 0. The van der Waals surface area contributed by atoms with Gasteiger partial charge in [0.1, 0.15) is 0 Å². The van der Waals surface area contributed by atoms with E-state index in [9.17, 15) is 10.2 Å². The summed E-state index contributed by atoms with van der Waals surface area (Å²) in [5.41, 5.74) is 1.46. The van der Waals surface area contributed by atoms with Gasteiger partial charge in [0.05, 0.1) is 19.8 Å². The molecule has 2 N–H and O–H groups in total. The Hall–Kier alpha value is -0.460. The standard InChI is InChI=1S/C46H93NO4/c1-7-8-9-10-11-12-13-14-15-16-17-18-21-33-46(50-40-23-20-19-22-35-47(36-38-48)37-39-49)51-41-34-45(6)32-26-31-44(5)30-25-29-43(4)28-24-27-42(2)3/h34,42-44,46,48-49H,7-33,35-41H2,1-6H3/b45-34+. The number of ether oxygens (including phenoxy) is 2. The van der Waals surface area contributed by atoms with Crippen molar-refractivity contribution in [2.45, 2.75) is 221 Å². The van der Waals surface area contributed by atoms with Crippen LogP contribution >= 0.6 is 0 Å². The Morgan fingerprint density at radius 1 is 0.529 bits per heavy atom. The van der Waals surface area contributed by atoms with Crippen molar-refractivity contribution in [2.24, 2.45) is 17.8 Å². The lowest BCUT2D eigenvalue weighted by Gasteiger charge is -2.20. The van der Waals surface area contributed by atoms with Crippen LogP contribution in [0.4, 0.5) is 0 Å². The van der Waals surface area contributed by atoms with Crippen LogP contribution in [0.2, 0.25) is 0 Å². The summed E-state index contributed by atoms with van der Waals surface area (Å²) in [6.07, 6.45) is 37.7. The van der Waals surface area contributed by atoms with E-state index in [1.54, 1.807) is 0 Å². The maximum absolute atomic E-state index is 9.22. The minimum atomic E-state index is -0.0980. The van der Waals surface area contributed by atoms with Gasteiger partial charge >= 0.3 is 0 Å². The molecule has 51 heavy (non-hydrogen) atoms. The van der Waals surface area contributed by atoms with Crippen molar-refractivity contribution in [3.8, 4) is 0 Å². The van der Waals surface area contributed by atoms with E-state index in [0.717, 1.165) is 63.0 Å². The first-order chi connectivity index (χ1) is 24.8. The zero-order chi connectivity index (χ0) is 37.6. The molecule has 0 radical (unpaired) electrons. The summed E-state index contributed by atoms with van der Waals surface area (Å²) in [5.74, 6) is 2.56. The van der Waals surface area contributed by atoms with E-state index in [-0.39, 0.29) is 19.5 Å². The minimum absolute atomic E-state index is 0.0980. The van der Waals surface area contributed by atoms with Crippen molar-refractivity contribution in [3.05, 3.63) is 11.6 Å². The monoisotopic (exact) mass is 724 g/mol. The molecule has 0 aliphatic carbocycles. The van der Waals surface area contributed by atoms with E-state index in [2.05, 4.69) is 52.5 Å². The van der Waals surface area contributed by atoms with Crippen LogP contribution in [-0.2, 0) is 9.47 Å². The van der Waals surface area contributed by atoms with Crippen LogP contribution < -0.4 is 0 Å². The van der Waals surface area contributed by atoms with Crippen LogP contribution in [0.25, 0.3) is 0 Å². The predicted octanol–water partition coefficient (Wildman–Crippen LogP) is 13.1. The van der Waals surface area contributed by atoms with Crippen molar-refractivity contribution in [2.75, 3.05) is 46.1 Å². The van der Waals surface area contributed by atoms with Crippen LogP contribution in [-0.4, -0.2) is 67.5 Å². The molecule has 0 aliphatic rings. The Kier molecular flexibility index (Phi) is 38.9. The Labute approximate surface area is 320 Å². The van der Waals surface area contributed by atoms with Gasteiger partial charge in [0.15, 0.2) is 6.29 Å². The molecule has 0 aromatic rings. The first-order valence-corrected chi connectivity index (χ1v) is 22.6. The number of aliphatic hydroxyl groups excluding tert-OH is 2. The highest BCUT2D eigenvalue weighted by Crippen LogP contribution is 2.22. The van der Waals surface area contributed by atoms with Gasteiger partial charge in [0.2, 0.25) is 0 Å². The van der Waals surface area contributed by atoms with Gasteiger partial charge < -0.3 is 19.7 Å². The van der Waals surface area contributed by atoms with E-state index < -0.39 is 0 Å². The Morgan fingerprint density at radius 3 is 1.57 bits per heavy atom. The number of hydrogen-bond acceptors (Lipinski definition) is 5. The number of aliphatic hydroxyl groups is 2. The Balaban J connectivity index is 4.36. The Bertz CT molecular complexity index is 707. The van der Waals surface area contributed by atoms with Crippen molar-refractivity contribution in [1.29, 1.82) is 0 Å². The highest BCUT2D eigenvalue weighted by atomic mass is 16.7. The number of nitrogens with zero attached hydrogens (tertiary/aromatic N) is 1. The Morgan fingerprint density at radius 2 is 1.02 bits per heavy atom. The first-order valence-electron chi connectivity index (χ1n) is 22.6. The number of unbranched alkanes of at least 4 members (excludes halogenated alkanes) is 15. The fourth-order valence-electron chi connectivity index (χ4n) is 7.27. The number of allylic oxidation sites excluding steroid dienone is 1. The predicted molar refractivity (Wildman–Crippen MR) is 224 cm³/mol. The zero-order valence-electron chi connectivity index (χ0n) is 35.6. The molecule has 0 fully saturated rings. The molecule has 0 aromatic carbocycles. The van der Waals surface area contributed by atoms with Crippen LogP contribution in [0.1, 0.15) is 215 Å². The molecule has 0 amide bonds. The fourth-order valence-corrected chi connectivity index (χ4v) is 7.27. The van der Waals surface area contributed by atoms with Gasteiger partial charge in [0.25, 0.3) is 0 Å². The van der Waals surface area contributed by atoms with Crippen molar-refractivity contribution < 1.29 is 19.7 Å². The second kappa shape index (κ2) is 39.2. The quantitative estimate of drug-likeness (QED) is 0.0373. The second-order valence-electron chi connectivity index (χ2n) is 16.8. The molecule has 3 unspecified atom stereocenters. The fraction of sp³-hybridized carbons (Fsp3) is 0.957. The maximum atomic E-state index is 9.22. The van der Waals surface area contributed by atoms with E-state index in [4.69, 9.17) is 9.47 Å². The highest BCUT2D eigenvalue weighted by molar-refractivity contribution is 4.97. The van der Waals surface area contributed by atoms with Gasteiger partial charge in [0, 0.05) is 19.7 Å². The van der Waals surface area contributed by atoms with Crippen molar-refractivity contribution >= 4 is 0 Å². The normalized spacial score (nSPS) is 14.2. The van der Waals surface area contributed by atoms with Crippen LogP contribution in [0.15, 0.2) is 11.6 Å². The third kappa shape index (κ3) is 37.6. The third-order valence-corrected chi connectivity index (χ3v) is 10.9. The topological polar surface area (TPSA) is 62.2 Å². The van der Waals surface area contributed by atoms with E-state index in [1.807, 2.05) is 0 Å². The lowest BCUT2D eigenvalue weighted by molar-refractivity contribution is -0.140. The zero-order valence-corrected chi connectivity index (χ0v) is 35.6. The van der Waals surface area contributed by atoms with Gasteiger partial charge in [-0.15, -0.1) is 0 Å². The lowest BCUT2D eigenvalue weighted by atomic mass is 9.91. The molecule has 306 valence electrons. The minimum Gasteiger partial charge on any atom is -0.395 e. The molecule has 0 saturated heterocycles. The summed E-state index contributed by atoms with van der Waals surface area (Å²) in [7, 11) is 0. The first kappa shape index (κ1) is 50.5. The van der Waals surface area contributed by atoms with Crippen LogP contribution in [0.3, 0.4) is 0 Å². The molecule has 0 heterocycles. The average molecular weight is 724 g/mol. The van der Waals surface area contributed by atoms with Gasteiger partial charge in [-0.25, -0.2) is 0 Å². The summed E-state index contributed by atoms with van der Waals surface area (Å²) in [6.45, 7) is 18.1. The molecule has 5 nitrogen and oxygen atoms in total. The van der Waals surface area contributed by atoms with E-state index >= 15 is 0 Å². The summed E-state index contributed by atoms with van der Waals surface area (Å²) < 4.78 is 12.6. The summed E-state index contributed by atoms with van der Waals surface area (Å²) in [4.78, 5) is 2.14. The average Bonchev–Trinajstić information content (AvgIpc) is 3.09.